The zero-order valence-electron chi connectivity index (χ0n) is 14.9. The van der Waals surface area contributed by atoms with Crippen LogP contribution in [-0.4, -0.2) is 24.7 Å². The molecular formula is C18H18F3N3O2S2. The molecule has 1 N–H and O–H groups in total. The van der Waals surface area contributed by atoms with Gasteiger partial charge >= 0.3 is 6.18 Å². The van der Waals surface area contributed by atoms with E-state index in [2.05, 4.69) is 9.82 Å². The first-order chi connectivity index (χ1) is 13.1. The third-order valence-corrected chi connectivity index (χ3v) is 6.53. The van der Waals surface area contributed by atoms with Crippen LogP contribution in [0.1, 0.15) is 16.0 Å². The lowest BCUT2D eigenvalue weighted by Crippen LogP contribution is -2.27. The highest BCUT2D eigenvalue weighted by molar-refractivity contribution is 7.88. The first kappa shape index (κ1) is 20.6. The van der Waals surface area contributed by atoms with Gasteiger partial charge < -0.3 is 0 Å². The van der Waals surface area contributed by atoms with Gasteiger partial charge in [0.05, 0.1) is 17.5 Å². The molecule has 0 aliphatic heterocycles. The van der Waals surface area contributed by atoms with Crippen LogP contribution in [0.4, 0.5) is 13.2 Å². The van der Waals surface area contributed by atoms with Crippen LogP contribution in [0.15, 0.2) is 48.8 Å². The minimum atomic E-state index is -4.44. The Labute approximate surface area is 164 Å². The van der Waals surface area contributed by atoms with Gasteiger partial charge in [-0.05, 0) is 36.2 Å². The van der Waals surface area contributed by atoms with E-state index < -0.39 is 21.8 Å². The highest BCUT2D eigenvalue weighted by Gasteiger charge is 2.30. The van der Waals surface area contributed by atoms with Crippen LogP contribution < -0.4 is 4.72 Å². The van der Waals surface area contributed by atoms with Crippen LogP contribution in [0.5, 0.6) is 0 Å². The molecule has 2 aromatic heterocycles. The minimum absolute atomic E-state index is 0.218. The zero-order chi connectivity index (χ0) is 20.4. The molecule has 0 saturated heterocycles. The minimum Gasteiger partial charge on any atom is -0.275 e. The van der Waals surface area contributed by atoms with Crippen molar-refractivity contribution >= 4 is 21.4 Å². The zero-order valence-corrected chi connectivity index (χ0v) is 16.5. The van der Waals surface area contributed by atoms with E-state index in [9.17, 15) is 21.6 Å². The van der Waals surface area contributed by atoms with Crippen molar-refractivity contribution in [2.75, 3.05) is 6.54 Å². The van der Waals surface area contributed by atoms with Gasteiger partial charge in [-0.15, -0.1) is 11.3 Å². The molecule has 5 nitrogen and oxygen atoms in total. The molecule has 0 saturated carbocycles. The maximum Gasteiger partial charge on any atom is 0.416 e. The standard InChI is InChI=1S/C18H18F3N3O2S2/c1-24-11-14(10-22-24)17-7-6-16(27-17)8-9-23-28(25,26)12-13-2-4-15(5-3-13)18(19,20)21/h2-7,10-11,23H,8-9,12H2,1H3. The number of sulfonamides is 1. The summed E-state index contributed by atoms with van der Waals surface area (Å²) in [5.41, 5.74) is 0.501. The van der Waals surface area contributed by atoms with E-state index >= 15 is 0 Å². The number of aryl methyl sites for hydroxylation is 1. The van der Waals surface area contributed by atoms with Crippen molar-refractivity contribution in [1.82, 2.24) is 14.5 Å². The van der Waals surface area contributed by atoms with E-state index in [1.165, 1.54) is 12.1 Å². The van der Waals surface area contributed by atoms with Crippen molar-refractivity contribution in [3.63, 3.8) is 0 Å². The maximum absolute atomic E-state index is 12.6. The Morgan fingerprint density at radius 3 is 2.46 bits per heavy atom. The average molecular weight is 429 g/mol. The Bertz CT molecular complexity index is 1040. The van der Waals surface area contributed by atoms with Crippen LogP contribution >= 0.6 is 11.3 Å². The van der Waals surface area contributed by atoms with Gasteiger partial charge in [0.2, 0.25) is 10.0 Å². The summed E-state index contributed by atoms with van der Waals surface area (Å²) in [6, 6.07) is 8.04. The molecule has 3 rings (SSSR count). The van der Waals surface area contributed by atoms with E-state index in [-0.39, 0.29) is 12.3 Å². The average Bonchev–Trinajstić information content (AvgIpc) is 3.23. The van der Waals surface area contributed by atoms with Crippen LogP contribution in [0.25, 0.3) is 10.4 Å². The van der Waals surface area contributed by atoms with Crippen molar-refractivity contribution in [2.45, 2.75) is 18.3 Å². The maximum atomic E-state index is 12.6. The van der Waals surface area contributed by atoms with Gasteiger partial charge in [0.1, 0.15) is 0 Å². The first-order valence-electron chi connectivity index (χ1n) is 8.34. The van der Waals surface area contributed by atoms with Gasteiger partial charge in [-0.25, -0.2) is 13.1 Å². The Kier molecular flexibility index (Phi) is 5.92. The molecule has 1 aromatic carbocycles. The number of alkyl halides is 3. The lowest BCUT2D eigenvalue weighted by Gasteiger charge is -2.09. The topological polar surface area (TPSA) is 64.0 Å². The molecule has 0 unspecified atom stereocenters. The lowest BCUT2D eigenvalue weighted by atomic mass is 10.1. The molecule has 0 radical (unpaired) electrons. The molecule has 0 aliphatic carbocycles. The molecular weight excluding hydrogens is 411 g/mol. The quantitative estimate of drug-likeness (QED) is 0.621. The number of halogens is 3. The second-order valence-corrected chi connectivity index (χ2v) is 9.24. The fourth-order valence-electron chi connectivity index (χ4n) is 2.61. The Hall–Kier alpha value is -2.17. The van der Waals surface area contributed by atoms with Crippen LogP contribution in [0, 0.1) is 0 Å². The predicted molar refractivity (Wildman–Crippen MR) is 102 cm³/mol. The second-order valence-electron chi connectivity index (χ2n) is 6.27. The highest BCUT2D eigenvalue weighted by atomic mass is 32.2. The molecule has 150 valence electrons. The van der Waals surface area contributed by atoms with E-state index in [0.29, 0.717) is 12.0 Å². The number of aromatic nitrogens is 2. The van der Waals surface area contributed by atoms with E-state index in [4.69, 9.17) is 0 Å². The molecule has 0 spiro atoms. The Morgan fingerprint density at radius 1 is 1.14 bits per heavy atom. The van der Waals surface area contributed by atoms with E-state index in [1.807, 2.05) is 25.4 Å². The van der Waals surface area contributed by atoms with Crippen LogP contribution in [-0.2, 0) is 35.4 Å². The summed E-state index contributed by atoms with van der Waals surface area (Å²) in [4.78, 5) is 2.08. The van der Waals surface area contributed by atoms with Crippen molar-refractivity contribution in [1.29, 1.82) is 0 Å². The third kappa shape index (κ3) is 5.43. The predicted octanol–water partition coefficient (Wildman–Crippen LogP) is 3.83. The monoisotopic (exact) mass is 429 g/mol. The van der Waals surface area contributed by atoms with Crippen LogP contribution in [0.2, 0.25) is 0 Å². The van der Waals surface area contributed by atoms with E-state index in [0.717, 1.165) is 27.5 Å². The molecule has 10 heteroatoms. The summed E-state index contributed by atoms with van der Waals surface area (Å²) in [6.45, 7) is 0.218. The number of benzene rings is 1. The molecule has 2 heterocycles. The second kappa shape index (κ2) is 8.06. The normalized spacial score (nSPS) is 12.4. The summed E-state index contributed by atoms with van der Waals surface area (Å²) < 4.78 is 66.2. The third-order valence-electron chi connectivity index (χ3n) is 3.98. The van der Waals surface area contributed by atoms with Crippen LogP contribution in [0.3, 0.4) is 0 Å². The smallest absolute Gasteiger partial charge is 0.275 e. The molecule has 0 bridgehead atoms. The number of rotatable bonds is 7. The summed E-state index contributed by atoms with van der Waals surface area (Å²) >= 11 is 1.56. The number of hydrogen-bond acceptors (Lipinski definition) is 4. The van der Waals surface area contributed by atoms with Gasteiger partial charge in [-0.3, -0.25) is 4.68 Å². The summed E-state index contributed by atoms with van der Waals surface area (Å²) in [5.74, 6) is -0.365. The number of thiophene rings is 1. The molecule has 0 aliphatic rings. The lowest BCUT2D eigenvalue weighted by molar-refractivity contribution is -0.137. The van der Waals surface area contributed by atoms with Gasteiger partial charge in [0.15, 0.2) is 0 Å². The summed E-state index contributed by atoms with van der Waals surface area (Å²) in [5, 5.41) is 4.12. The Morgan fingerprint density at radius 2 is 1.86 bits per heavy atom. The molecule has 0 atom stereocenters. The van der Waals surface area contributed by atoms with Gasteiger partial charge in [-0.1, -0.05) is 12.1 Å². The summed E-state index contributed by atoms with van der Waals surface area (Å²) in [7, 11) is -1.80. The fourth-order valence-corrected chi connectivity index (χ4v) is 4.73. The number of hydrogen-bond donors (Lipinski definition) is 1. The largest absolute Gasteiger partial charge is 0.416 e. The highest BCUT2D eigenvalue weighted by Crippen LogP contribution is 2.29. The Balaban J connectivity index is 1.53. The fraction of sp³-hybridized carbons (Fsp3) is 0.278. The molecule has 3 aromatic rings. The van der Waals surface area contributed by atoms with Crippen molar-refractivity contribution in [2.24, 2.45) is 7.05 Å². The SMILES string of the molecule is Cn1cc(-c2ccc(CCNS(=O)(=O)Cc3ccc(C(F)(F)F)cc3)s2)cn1. The van der Waals surface area contributed by atoms with Crippen molar-refractivity contribution < 1.29 is 21.6 Å². The number of nitrogens with one attached hydrogen (secondary N) is 1. The summed E-state index contributed by atoms with van der Waals surface area (Å²) in [6.07, 6.45) is -0.243. The molecule has 0 fully saturated rings. The van der Waals surface area contributed by atoms with E-state index in [1.54, 1.807) is 22.2 Å². The first-order valence-corrected chi connectivity index (χ1v) is 10.8. The molecule has 0 amide bonds. The van der Waals surface area contributed by atoms with Gasteiger partial charge in [-0.2, -0.15) is 18.3 Å². The van der Waals surface area contributed by atoms with Crippen molar-refractivity contribution in [3.05, 3.63) is 64.8 Å². The van der Waals surface area contributed by atoms with Crippen molar-refractivity contribution in [3.8, 4) is 10.4 Å². The van der Waals surface area contributed by atoms with Gasteiger partial charge in [0, 0.05) is 35.1 Å². The molecule has 28 heavy (non-hydrogen) atoms. The van der Waals surface area contributed by atoms with Gasteiger partial charge in [0.25, 0.3) is 0 Å². The number of nitrogens with zero attached hydrogens (tertiary/aromatic N) is 2.